The number of benzene rings is 1. The predicted molar refractivity (Wildman–Crippen MR) is 92.2 cm³/mol. The number of nitrogens with two attached hydrogens (primary N) is 1. The largest absolute Gasteiger partial charge is 0.334 e. The topological polar surface area (TPSA) is 46.3 Å². The standard InChI is InChI=1S/C18H21FN2OS/c1-12-10-16(18(22)21-9-3-2-4-15(21)11-20)23-17(12)13-5-7-14(19)8-6-13/h5-8,10,15H,2-4,9,11,20H2,1H3. The Labute approximate surface area is 139 Å². The first-order valence-corrected chi connectivity index (χ1v) is 8.79. The molecule has 1 aromatic carbocycles. The van der Waals surface area contributed by atoms with Gasteiger partial charge in [0.05, 0.1) is 4.88 Å². The van der Waals surface area contributed by atoms with Crippen molar-refractivity contribution in [3.63, 3.8) is 0 Å². The van der Waals surface area contributed by atoms with Gasteiger partial charge in [0.1, 0.15) is 5.82 Å². The van der Waals surface area contributed by atoms with E-state index in [1.807, 2.05) is 17.9 Å². The van der Waals surface area contributed by atoms with Gasteiger partial charge in [-0.2, -0.15) is 0 Å². The number of thiophene rings is 1. The first kappa shape index (κ1) is 16.1. The average molecular weight is 332 g/mol. The van der Waals surface area contributed by atoms with Crippen LogP contribution in [-0.2, 0) is 0 Å². The molecule has 3 rings (SSSR count). The lowest BCUT2D eigenvalue weighted by molar-refractivity contribution is 0.0628. The molecule has 0 spiro atoms. The summed E-state index contributed by atoms with van der Waals surface area (Å²) in [5.74, 6) is -0.181. The van der Waals surface area contributed by atoms with Crippen molar-refractivity contribution in [3.8, 4) is 10.4 Å². The summed E-state index contributed by atoms with van der Waals surface area (Å²) in [6.07, 6.45) is 3.16. The molecule has 1 unspecified atom stereocenters. The minimum absolute atomic E-state index is 0.0709. The van der Waals surface area contributed by atoms with Gasteiger partial charge in [0.25, 0.3) is 5.91 Å². The molecule has 1 saturated heterocycles. The quantitative estimate of drug-likeness (QED) is 0.929. The van der Waals surface area contributed by atoms with Crippen LogP contribution in [0.25, 0.3) is 10.4 Å². The number of hydrogen-bond acceptors (Lipinski definition) is 3. The lowest BCUT2D eigenvalue weighted by atomic mass is 10.0. The van der Waals surface area contributed by atoms with E-state index in [9.17, 15) is 9.18 Å². The molecule has 1 aromatic heterocycles. The van der Waals surface area contributed by atoms with Crippen LogP contribution < -0.4 is 5.73 Å². The molecule has 0 aliphatic carbocycles. The molecule has 0 saturated carbocycles. The molecule has 5 heteroatoms. The molecule has 23 heavy (non-hydrogen) atoms. The van der Waals surface area contributed by atoms with Crippen LogP contribution in [-0.4, -0.2) is 29.9 Å². The molecule has 1 atom stereocenters. The smallest absolute Gasteiger partial charge is 0.264 e. The third-order valence-corrected chi connectivity index (χ3v) is 5.67. The van der Waals surface area contributed by atoms with Gasteiger partial charge < -0.3 is 10.6 Å². The van der Waals surface area contributed by atoms with E-state index >= 15 is 0 Å². The second-order valence-electron chi connectivity index (χ2n) is 6.01. The third kappa shape index (κ3) is 3.31. The molecule has 2 aromatic rings. The number of aryl methyl sites for hydroxylation is 1. The van der Waals surface area contributed by atoms with Crippen LogP contribution in [0.2, 0.25) is 0 Å². The van der Waals surface area contributed by atoms with Crippen molar-refractivity contribution in [3.05, 3.63) is 46.6 Å². The maximum atomic E-state index is 13.1. The molecule has 2 heterocycles. The summed E-state index contributed by atoms with van der Waals surface area (Å²) in [6, 6.07) is 8.50. The highest BCUT2D eigenvalue weighted by atomic mass is 32.1. The van der Waals surface area contributed by atoms with Crippen molar-refractivity contribution in [1.82, 2.24) is 4.90 Å². The van der Waals surface area contributed by atoms with Crippen LogP contribution in [0.4, 0.5) is 4.39 Å². The van der Waals surface area contributed by atoms with Crippen molar-refractivity contribution >= 4 is 17.2 Å². The Hall–Kier alpha value is -1.72. The van der Waals surface area contributed by atoms with E-state index in [2.05, 4.69) is 0 Å². The second kappa shape index (κ2) is 6.81. The Morgan fingerprint density at radius 1 is 1.35 bits per heavy atom. The van der Waals surface area contributed by atoms with Crippen LogP contribution in [0.15, 0.2) is 30.3 Å². The summed E-state index contributed by atoms with van der Waals surface area (Å²) in [6.45, 7) is 3.28. The molecule has 0 radical (unpaired) electrons. The summed E-state index contributed by atoms with van der Waals surface area (Å²) in [5, 5.41) is 0. The van der Waals surface area contributed by atoms with Crippen LogP contribution in [0.3, 0.4) is 0 Å². The third-order valence-electron chi connectivity index (χ3n) is 4.40. The number of nitrogens with zero attached hydrogens (tertiary/aromatic N) is 1. The van der Waals surface area contributed by atoms with E-state index in [1.54, 1.807) is 12.1 Å². The van der Waals surface area contributed by atoms with Crippen LogP contribution in [0, 0.1) is 12.7 Å². The summed E-state index contributed by atoms with van der Waals surface area (Å²) in [5.41, 5.74) is 7.82. The van der Waals surface area contributed by atoms with E-state index in [-0.39, 0.29) is 17.8 Å². The van der Waals surface area contributed by atoms with E-state index in [0.29, 0.717) is 6.54 Å². The fourth-order valence-electron chi connectivity index (χ4n) is 3.13. The Bertz CT molecular complexity index is 696. The highest BCUT2D eigenvalue weighted by Crippen LogP contribution is 2.34. The lowest BCUT2D eigenvalue weighted by Gasteiger charge is -2.34. The van der Waals surface area contributed by atoms with Crippen LogP contribution in [0.1, 0.15) is 34.5 Å². The van der Waals surface area contributed by atoms with Gasteiger partial charge in [-0.05, 0) is 55.5 Å². The van der Waals surface area contributed by atoms with E-state index in [1.165, 1.54) is 23.5 Å². The van der Waals surface area contributed by atoms with Crippen molar-refractivity contribution in [2.45, 2.75) is 32.2 Å². The molecule has 1 fully saturated rings. The normalized spacial score (nSPS) is 18.2. The first-order valence-electron chi connectivity index (χ1n) is 7.97. The SMILES string of the molecule is Cc1cc(C(=O)N2CCCCC2CN)sc1-c1ccc(F)cc1. The zero-order valence-electron chi connectivity index (χ0n) is 13.2. The van der Waals surface area contributed by atoms with E-state index < -0.39 is 0 Å². The Balaban J connectivity index is 1.87. The number of piperidine rings is 1. The number of likely N-dealkylation sites (tertiary alicyclic amines) is 1. The molecule has 3 nitrogen and oxygen atoms in total. The minimum Gasteiger partial charge on any atom is -0.334 e. The molecular weight excluding hydrogens is 311 g/mol. The molecule has 1 aliphatic rings. The molecule has 122 valence electrons. The minimum atomic E-state index is -0.252. The van der Waals surface area contributed by atoms with Gasteiger partial charge in [0, 0.05) is 24.0 Å². The number of amides is 1. The van der Waals surface area contributed by atoms with Gasteiger partial charge in [-0.15, -0.1) is 11.3 Å². The van der Waals surface area contributed by atoms with Crippen molar-refractivity contribution < 1.29 is 9.18 Å². The number of hydrogen-bond donors (Lipinski definition) is 1. The molecular formula is C18H21FN2OS. The summed E-state index contributed by atoms with van der Waals surface area (Å²) in [7, 11) is 0. The Morgan fingerprint density at radius 2 is 2.09 bits per heavy atom. The molecule has 2 N–H and O–H groups in total. The highest BCUT2D eigenvalue weighted by Gasteiger charge is 2.27. The average Bonchev–Trinajstić information content (AvgIpc) is 2.96. The molecule has 1 aliphatic heterocycles. The van der Waals surface area contributed by atoms with Crippen LogP contribution in [0.5, 0.6) is 0 Å². The maximum absolute atomic E-state index is 13.1. The monoisotopic (exact) mass is 332 g/mol. The van der Waals surface area contributed by atoms with Gasteiger partial charge in [-0.3, -0.25) is 4.79 Å². The molecule has 1 amide bonds. The van der Waals surface area contributed by atoms with E-state index in [0.717, 1.165) is 46.7 Å². The number of carbonyl (C=O) groups excluding carboxylic acids is 1. The van der Waals surface area contributed by atoms with Gasteiger partial charge >= 0.3 is 0 Å². The zero-order chi connectivity index (χ0) is 16.4. The van der Waals surface area contributed by atoms with Crippen molar-refractivity contribution in [2.24, 2.45) is 5.73 Å². The van der Waals surface area contributed by atoms with Crippen LogP contribution >= 0.6 is 11.3 Å². The van der Waals surface area contributed by atoms with Gasteiger partial charge in [-0.1, -0.05) is 12.1 Å². The predicted octanol–water partition coefficient (Wildman–Crippen LogP) is 3.82. The number of halogens is 1. The second-order valence-corrected chi connectivity index (χ2v) is 7.07. The van der Waals surface area contributed by atoms with Crippen molar-refractivity contribution in [2.75, 3.05) is 13.1 Å². The number of rotatable bonds is 3. The van der Waals surface area contributed by atoms with Crippen molar-refractivity contribution in [1.29, 1.82) is 0 Å². The Kier molecular flexibility index (Phi) is 4.78. The van der Waals surface area contributed by atoms with Gasteiger partial charge in [0.2, 0.25) is 0 Å². The molecule has 0 bridgehead atoms. The zero-order valence-corrected chi connectivity index (χ0v) is 14.0. The van der Waals surface area contributed by atoms with E-state index in [4.69, 9.17) is 5.73 Å². The number of carbonyl (C=O) groups is 1. The highest BCUT2D eigenvalue weighted by molar-refractivity contribution is 7.17. The fourth-order valence-corrected chi connectivity index (χ4v) is 4.26. The fraction of sp³-hybridized carbons (Fsp3) is 0.389. The lowest BCUT2D eigenvalue weighted by Crippen LogP contribution is -2.47. The summed E-state index contributed by atoms with van der Waals surface area (Å²) in [4.78, 5) is 16.5. The summed E-state index contributed by atoms with van der Waals surface area (Å²) < 4.78 is 13.1. The van der Waals surface area contributed by atoms with Gasteiger partial charge in [0.15, 0.2) is 0 Å². The maximum Gasteiger partial charge on any atom is 0.264 e. The van der Waals surface area contributed by atoms with Gasteiger partial charge in [-0.25, -0.2) is 4.39 Å². The first-order chi connectivity index (χ1) is 11.1. The Morgan fingerprint density at radius 3 is 2.78 bits per heavy atom. The summed E-state index contributed by atoms with van der Waals surface area (Å²) >= 11 is 1.48.